The van der Waals surface area contributed by atoms with Gasteiger partial charge in [-0.1, -0.05) is 25.1 Å². The summed E-state index contributed by atoms with van der Waals surface area (Å²) >= 11 is 1.05. The molecule has 76 valence electrons. The van der Waals surface area contributed by atoms with Crippen LogP contribution in [0.15, 0.2) is 0 Å². The van der Waals surface area contributed by atoms with E-state index in [4.69, 9.17) is 0 Å². The van der Waals surface area contributed by atoms with Crippen molar-refractivity contribution in [2.45, 2.75) is 33.1 Å². The van der Waals surface area contributed by atoms with Gasteiger partial charge in [-0.05, 0) is 13.3 Å². The molecule has 0 saturated heterocycles. The molecule has 0 N–H and O–H groups in total. The van der Waals surface area contributed by atoms with Gasteiger partial charge in [-0.2, -0.15) is 0 Å². The molecule has 3 nitrogen and oxygen atoms in total. The fourth-order valence-electron chi connectivity index (χ4n) is 0.735. The largest absolute Gasteiger partial charge is 0.465 e. The van der Waals surface area contributed by atoms with Crippen LogP contribution in [0.25, 0.3) is 0 Å². The molecule has 0 heterocycles. The summed E-state index contributed by atoms with van der Waals surface area (Å²) in [4.78, 5) is 21.9. The monoisotopic (exact) mass is 204 g/mol. The van der Waals surface area contributed by atoms with E-state index in [1.165, 1.54) is 0 Å². The minimum Gasteiger partial charge on any atom is -0.465 e. The van der Waals surface area contributed by atoms with Crippen LogP contribution < -0.4 is 0 Å². The fraction of sp³-hybridized carbons (Fsp3) is 0.778. The lowest BCUT2D eigenvalue weighted by Gasteiger charge is -2.00. The van der Waals surface area contributed by atoms with Gasteiger partial charge in [0.1, 0.15) is 0 Å². The third kappa shape index (κ3) is 7.84. The summed E-state index contributed by atoms with van der Waals surface area (Å²) in [6.07, 6.45) is 2.46. The molecule has 0 radical (unpaired) electrons. The van der Waals surface area contributed by atoms with E-state index in [9.17, 15) is 9.59 Å². The van der Waals surface area contributed by atoms with Crippen molar-refractivity contribution in [3.05, 3.63) is 0 Å². The van der Waals surface area contributed by atoms with Crippen LogP contribution in [0.1, 0.15) is 33.1 Å². The summed E-state index contributed by atoms with van der Waals surface area (Å²) in [5.74, 6) is -0.159. The van der Waals surface area contributed by atoms with Crippen molar-refractivity contribution >= 4 is 22.8 Å². The fourth-order valence-corrected chi connectivity index (χ4v) is 1.39. The lowest BCUT2D eigenvalue weighted by atomic mass is 10.3. The Labute approximate surface area is 83.2 Å². The zero-order valence-corrected chi connectivity index (χ0v) is 8.99. The van der Waals surface area contributed by atoms with Crippen LogP contribution in [-0.4, -0.2) is 23.4 Å². The summed E-state index contributed by atoms with van der Waals surface area (Å²) in [6.45, 7) is 4.16. The topological polar surface area (TPSA) is 43.4 Å². The molecule has 4 heteroatoms. The molecule has 0 aromatic rings. The van der Waals surface area contributed by atoms with Gasteiger partial charge >= 0.3 is 5.97 Å². The van der Waals surface area contributed by atoms with Gasteiger partial charge in [0, 0.05) is 6.42 Å². The number of hydrogen-bond donors (Lipinski definition) is 0. The summed E-state index contributed by atoms with van der Waals surface area (Å²) in [5.41, 5.74) is 0. The Morgan fingerprint density at radius 2 is 2.00 bits per heavy atom. The van der Waals surface area contributed by atoms with Crippen molar-refractivity contribution in [2.75, 3.05) is 12.4 Å². The smallest absolute Gasteiger partial charge is 0.316 e. The van der Waals surface area contributed by atoms with Gasteiger partial charge in [-0.3, -0.25) is 9.59 Å². The lowest BCUT2D eigenvalue weighted by molar-refractivity contribution is -0.140. The number of hydrogen-bond acceptors (Lipinski definition) is 4. The quantitative estimate of drug-likeness (QED) is 0.621. The maximum Gasteiger partial charge on any atom is 0.316 e. The van der Waals surface area contributed by atoms with Crippen LogP contribution in [0.5, 0.6) is 0 Å². The normalized spacial score (nSPS) is 9.69. The molecule has 0 rings (SSSR count). The number of thioether (sulfide) groups is 1. The first-order chi connectivity index (χ1) is 6.20. The van der Waals surface area contributed by atoms with E-state index in [1.807, 2.05) is 6.92 Å². The third-order valence-electron chi connectivity index (χ3n) is 1.39. The minimum atomic E-state index is -0.308. The molecule has 0 fully saturated rings. The average molecular weight is 204 g/mol. The van der Waals surface area contributed by atoms with E-state index in [-0.39, 0.29) is 16.8 Å². The second kappa shape index (κ2) is 8.10. The molecule has 0 unspecified atom stereocenters. The molecule has 0 amide bonds. The standard InChI is InChI=1S/C9H16O3S/c1-3-5-6-9(11)13-7-8(10)12-4-2/h3-7H2,1-2H3. The molecule has 0 saturated carbocycles. The van der Waals surface area contributed by atoms with E-state index in [2.05, 4.69) is 4.74 Å². The van der Waals surface area contributed by atoms with E-state index < -0.39 is 0 Å². The van der Waals surface area contributed by atoms with Crippen molar-refractivity contribution in [3.8, 4) is 0 Å². The predicted octanol–water partition coefficient (Wildman–Crippen LogP) is 2.00. The van der Waals surface area contributed by atoms with Crippen molar-refractivity contribution < 1.29 is 14.3 Å². The van der Waals surface area contributed by atoms with Gasteiger partial charge in [0.05, 0.1) is 12.4 Å². The number of carbonyl (C=O) groups is 2. The highest BCUT2D eigenvalue weighted by molar-refractivity contribution is 8.14. The number of esters is 1. The molecular weight excluding hydrogens is 188 g/mol. The second-order valence-electron chi connectivity index (χ2n) is 2.57. The number of ether oxygens (including phenoxy) is 1. The molecule has 0 atom stereocenters. The zero-order chi connectivity index (χ0) is 10.1. The first-order valence-corrected chi connectivity index (χ1v) is 5.50. The molecule has 0 aromatic carbocycles. The predicted molar refractivity (Wildman–Crippen MR) is 53.6 cm³/mol. The maximum absolute atomic E-state index is 11.1. The summed E-state index contributed by atoms with van der Waals surface area (Å²) < 4.78 is 4.68. The van der Waals surface area contributed by atoms with Crippen LogP contribution >= 0.6 is 11.8 Å². The van der Waals surface area contributed by atoms with E-state index in [0.717, 1.165) is 24.6 Å². The van der Waals surface area contributed by atoms with Crippen molar-refractivity contribution in [1.82, 2.24) is 0 Å². The Kier molecular flexibility index (Phi) is 7.79. The lowest BCUT2D eigenvalue weighted by Crippen LogP contribution is -2.08. The second-order valence-corrected chi connectivity index (χ2v) is 3.60. The van der Waals surface area contributed by atoms with E-state index in [1.54, 1.807) is 6.92 Å². The number of carbonyl (C=O) groups excluding carboxylic acids is 2. The highest BCUT2D eigenvalue weighted by Crippen LogP contribution is 2.08. The van der Waals surface area contributed by atoms with Gasteiger partial charge in [-0.25, -0.2) is 0 Å². The molecule has 0 aliphatic carbocycles. The molecule has 0 spiro atoms. The van der Waals surface area contributed by atoms with Gasteiger partial charge in [0.15, 0.2) is 5.12 Å². The Balaban J connectivity index is 3.40. The first kappa shape index (κ1) is 12.5. The Morgan fingerprint density at radius 1 is 1.31 bits per heavy atom. The summed E-state index contributed by atoms with van der Waals surface area (Å²) in [5, 5.41) is 0.0786. The average Bonchev–Trinajstić information content (AvgIpc) is 2.12. The zero-order valence-electron chi connectivity index (χ0n) is 8.17. The molecule has 0 aliphatic heterocycles. The van der Waals surface area contributed by atoms with Crippen LogP contribution in [0.3, 0.4) is 0 Å². The highest BCUT2D eigenvalue weighted by Gasteiger charge is 2.07. The SMILES string of the molecule is CCCCC(=O)SCC(=O)OCC. The van der Waals surface area contributed by atoms with E-state index >= 15 is 0 Å². The van der Waals surface area contributed by atoms with E-state index in [0.29, 0.717) is 13.0 Å². The number of unbranched alkanes of at least 4 members (excludes halogenated alkanes) is 1. The Morgan fingerprint density at radius 3 is 2.54 bits per heavy atom. The maximum atomic E-state index is 11.1. The Bertz CT molecular complexity index is 168. The Hall–Kier alpha value is -0.510. The van der Waals surface area contributed by atoms with Gasteiger partial charge in [-0.15, -0.1) is 0 Å². The van der Waals surface area contributed by atoms with Gasteiger partial charge in [0.2, 0.25) is 0 Å². The summed E-state index contributed by atoms with van der Waals surface area (Å²) in [7, 11) is 0. The minimum absolute atomic E-state index is 0.0786. The molecule has 13 heavy (non-hydrogen) atoms. The highest BCUT2D eigenvalue weighted by atomic mass is 32.2. The molecular formula is C9H16O3S. The first-order valence-electron chi connectivity index (χ1n) is 4.52. The van der Waals surface area contributed by atoms with Crippen LogP contribution in [-0.2, 0) is 14.3 Å². The van der Waals surface area contributed by atoms with Crippen LogP contribution in [0.2, 0.25) is 0 Å². The van der Waals surface area contributed by atoms with Crippen LogP contribution in [0, 0.1) is 0 Å². The van der Waals surface area contributed by atoms with Crippen molar-refractivity contribution in [1.29, 1.82) is 0 Å². The van der Waals surface area contributed by atoms with Crippen LogP contribution in [0.4, 0.5) is 0 Å². The molecule has 0 bridgehead atoms. The van der Waals surface area contributed by atoms with Gasteiger partial charge < -0.3 is 4.74 Å². The summed E-state index contributed by atoms with van der Waals surface area (Å²) in [6, 6.07) is 0. The third-order valence-corrected chi connectivity index (χ3v) is 2.30. The van der Waals surface area contributed by atoms with Gasteiger partial charge in [0.25, 0.3) is 0 Å². The molecule has 0 aromatic heterocycles. The van der Waals surface area contributed by atoms with Crippen molar-refractivity contribution in [3.63, 3.8) is 0 Å². The molecule has 0 aliphatic rings. The van der Waals surface area contributed by atoms with Crippen molar-refractivity contribution in [2.24, 2.45) is 0 Å². The number of rotatable bonds is 6.